The maximum Gasteiger partial charge on any atom is 0.257 e. The van der Waals surface area contributed by atoms with E-state index in [0.717, 1.165) is 11.3 Å². The van der Waals surface area contributed by atoms with Crippen LogP contribution in [0.5, 0.6) is 5.75 Å². The van der Waals surface area contributed by atoms with E-state index in [-0.39, 0.29) is 6.04 Å². The lowest BCUT2D eigenvalue weighted by atomic mass is 10.1. The summed E-state index contributed by atoms with van der Waals surface area (Å²) < 4.78 is 30.8. The minimum absolute atomic E-state index is 0.0239. The average molecular weight is 281 g/mol. The Morgan fingerprint density at radius 3 is 2.55 bits per heavy atom. The molecule has 1 unspecified atom stereocenters. The number of alkyl halides is 2. The van der Waals surface area contributed by atoms with Gasteiger partial charge in [0.05, 0.1) is 13.2 Å². The van der Waals surface area contributed by atoms with E-state index < -0.39 is 13.0 Å². The van der Waals surface area contributed by atoms with Crippen molar-refractivity contribution in [2.24, 2.45) is 0 Å². The Morgan fingerprint density at radius 2 is 1.95 bits per heavy atom. The predicted octanol–water partition coefficient (Wildman–Crippen LogP) is 3.33. The Bertz CT molecular complexity index is 540. The quantitative estimate of drug-likeness (QED) is 0.882. The van der Waals surface area contributed by atoms with Gasteiger partial charge in [0, 0.05) is 12.3 Å². The van der Waals surface area contributed by atoms with Crippen molar-refractivity contribution in [2.75, 3.05) is 12.4 Å². The molecule has 1 heterocycles. The van der Waals surface area contributed by atoms with Crippen LogP contribution in [0.15, 0.2) is 36.5 Å². The van der Waals surface area contributed by atoms with Crippen molar-refractivity contribution in [3.63, 3.8) is 0 Å². The molecule has 0 fully saturated rings. The molecule has 0 aliphatic heterocycles. The summed E-state index contributed by atoms with van der Waals surface area (Å²) in [6.07, 6.45) is -0.864. The minimum Gasteiger partial charge on any atom is -0.497 e. The van der Waals surface area contributed by atoms with Gasteiger partial charge in [-0.25, -0.2) is 8.78 Å². The molecule has 0 radical (unpaired) electrons. The fraction of sp³-hybridized carbons (Fsp3) is 0.357. The Balaban J connectivity index is 1.99. The summed E-state index contributed by atoms with van der Waals surface area (Å²) in [5.41, 5.74) is 1.06. The van der Waals surface area contributed by atoms with Crippen molar-refractivity contribution >= 4 is 5.82 Å². The highest BCUT2D eigenvalue weighted by Crippen LogP contribution is 2.20. The molecule has 0 amide bonds. The van der Waals surface area contributed by atoms with Crippen LogP contribution in [0.25, 0.3) is 0 Å². The van der Waals surface area contributed by atoms with Gasteiger partial charge in [-0.3, -0.25) is 4.68 Å². The molecule has 1 aromatic carbocycles. The van der Waals surface area contributed by atoms with Crippen LogP contribution in [0.4, 0.5) is 14.6 Å². The van der Waals surface area contributed by atoms with E-state index in [9.17, 15) is 8.78 Å². The first-order valence-electron chi connectivity index (χ1n) is 6.30. The Kier molecular flexibility index (Phi) is 4.55. The number of benzene rings is 1. The molecule has 20 heavy (non-hydrogen) atoms. The largest absolute Gasteiger partial charge is 0.497 e. The molecule has 1 atom stereocenters. The predicted molar refractivity (Wildman–Crippen MR) is 73.3 cm³/mol. The average Bonchev–Trinajstić information content (AvgIpc) is 2.85. The number of ether oxygens (including phenoxy) is 1. The van der Waals surface area contributed by atoms with E-state index in [1.165, 1.54) is 10.9 Å². The summed E-state index contributed by atoms with van der Waals surface area (Å²) in [6, 6.07) is 9.36. The summed E-state index contributed by atoms with van der Waals surface area (Å²) >= 11 is 0. The molecule has 108 valence electrons. The third-order valence-corrected chi connectivity index (χ3v) is 2.95. The van der Waals surface area contributed by atoms with Crippen LogP contribution in [0.2, 0.25) is 0 Å². The van der Waals surface area contributed by atoms with Gasteiger partial charge >= 0.3 is 0 Å². The first kappa shape index (κ1) is 14.3. The second kappa shape index (κ2) is 6.36. The van der Waals surface area contributed by atoms with Crippen LogP contribution < -0.4 is 10.1 Å². The minimum atomic E-state index is -2.40. The molecule has 1 aromatic heterocycles. The van der Waals surface area contributed by atoms with Crippen LogP contribution >= 0.6 is 0 Å². The van der Waals surface area contributed by atoms with E-state index in [1.807, 2.05) is 31.2 Å². The molecular formula is C14H17F2N3O. The van der Waals surface area contributed by atoms with Gasteiger partial charge < -0.3 is 10.1 Å². The van der Waals surface area contributed by atoms with E-state index in [2.05, 4.69) is 10.4 Å². The van der Waals surface area contributed by atoms with Crippen LogP contribution in [0, 0.1) is 0 Å². The fourth-order valence-corrected chi connectivity index (χ4v) is 1.88. The number of nitrogens with zero attached hydrogens (tertiary/aromatic N) is 2. The van der Waals surface area contributed by atoms with Gasteiger partial charge in [0.2, 0.25) is 0 Å². The molecule has 4 nitrogen and oxygen atoms in total. The number of aromatic nitrogens is 2. The first-order chi connectivity index (χ1) is 9.58. The monoisotopic (exact) mass is 281 g/mol. The Labute approximate surface area is 116 Å². The molecule has 0 spiro atoms. The summed E-state index contributed by atoms with van der Waals surface area (Å²) in [4.78, 5) is 0. The summed E-state index contributed by atoms with van der Waals surface area (Å²) in [5, 5.41) is 7.22. The molecule has 2 rings (SSSR count). The van der Waals surface area contributed by atoms with Crippen molar-refractivity contribution in [1.82, 2.24) is 9.78 Å². The zero-order valence-corrected chi connectivity index (χ0v) is 11.4. The number of hydrogen-bond acceptors (Lipinski definition) is 3. The zero-order valence-electron chi connectivity index (χ0n) is 11.4. The smallest absolute Gasteiger partial charge is 0.257 e. The molecule has 0 aliphatic carbocycles. The van der Waals surface area contributed by atoms with Crippen molar-refractivity contribution in [1.29, 1.82) is 0 Å². The lowest BCUT2D eigenvalue weighted by molar-refractivity contribution is 0.122. The van der Waals surface area contributed by atoms with E-state index in [0.29, 0.717) is 5.82 Å². The zero-order chi connectivity index (χ0) is 14.5. The summed E-state index contributed by atoms with van der Waals surface area (Å²) in [6.45, 7) is 1.59. The highest BCUT2D eigenvalue weighted by atomic mass is 19.3. The number of halogens is 2. The van der Waals surface area contributed by atoms with E-state index >= 15 is 0 Å². The van der Waals surface area contributed by atoms with Gasteiger partial charge in [-0.05, 0) is 24.6 Å². The van der Waals surface area contributed by atoms with Gasteiger partial charge in [-0.2, -0.15) is 5.10 Å². The lowest BCUT2D eigenvalue weighted by Crippen LogP contribution is -2.10. The molecule has 0 aliphatic rings. The van der Waals surface area contributed by atoms with Crippen LogP contribution in [0.3, 0.4) is 0 Å². The van der Waals surface area contributed by atoms with Gasteiger partial charge in [-0.15, -0.1) is 0 Å². The molecule has 0 bridgehead atoms. The van der Waals surface area contributed by atoms with Crippen molar-refractivity contribution in [3.05, 3.63) is 42.1 Å². The standard InChI is InChI=1S/C14H17F2N3O/c1-10(11-3-5-12(20-2)6-4-11)17-14-7-8-19(18-14)9-13(15)16/h3-8,10,13H,9H2,1-2H3,(H,17,18). The van der Waals surface area contributed by atoms with Gasteiger partial charge in [0.25, 0.3) is 6.43 Å². The second-order valence-corrected chi connectivity index (χ2v) is 4.45. The van der Waals surface area contributed by atoms with Gasteiger partial charge in [0.1, 0.15) is 18.1 Å². The summed E-state index contributed by atoms with van der Waals surface area (Å²) in [7, 11) is 1.62. The molecule has 0 saturated heterocycles. The molecule has 6 heteroatoms. The van der Waals surface area contributed by atoms with Gasteiger partial charge in [-0.1, -0.05) is 12.1 Å². The molecule has 0 saturated carbocycles. The third-order valence-electron chi connectivity index (χ3n) is 2.95. The SMILES string of the molecule is COc1ccc(C(C)Nc2ccn(CC(F)F)n2)cc1. The molecular weight excluding hydrogens is 264 g/mol. The van der Waals surface area contributed by atoms with Crippen molar-refractivity contribution in [2.45, 2.75) is 25.9 Å². The topological polar surface area (TPSA) is 39.1 Å². The molecule has 2 aromatic rings. The summed E-state index contributed by atoms with van der Waals surface area (Å²) in [5.74, 6) is 1.37. The van der Waals surface area contributed by atoms with Gasteiger partial charge in [0.15, 0.2) is 0 Å². The van der Waals surface area contributed by atoms with E-state index in [1.54, 1.807) is 13.2 Å². The normalized spacial score (nSPS) is 12.4. The van der Waals surface area contributed by atoms with Crippen LogP contribution in [-0.4, -0.2) is 23.3 Å². The Morgan fingerprint density at radius 1 is 1.25 bits per heavy atom. The van der Waals surface area contributed by atoms with E-state index in [4.69, 9.17) is 4.74 Å². The van der Waals surface area contributed by atoms with Crippen LogP contribution in [-0.2, 0) is 6.54 Å². The Hall–Kier alpha value is -2.11. The van der Waals surface area contributed by atoms with Crippen molar-refractivity contribution < 1.29 is 13.5 Å². The fourth-order valence-electron chi connectivity index (χ4n) is 1.88. The third kappa shape index (κ3) is 3.69. The van der Waals surface area contributed by atoms with Crippen molar-refractivity contribution in [3.8, 4) is 5.75 Å². The first-order valence-corrected chi connectivity index (χ1v) is 6.30. The molecule has 1 N–H and O–H groups in total. The maximum atomic E-state index is 12.2. The maximum absolute atomic E-state index is 12.2. The second-order valence-electron chi connectivity index (χ2n) is 4.45. The number of nitrogens with one attached hydrogen (secondary N) is 1. The number of hydrogen-bond donors (Lipinski definition) is 1. The highest BCUT2D eigenvalue weighted by molar-refractivity contribution is 5.38. The lowest BCUT2D eigenvalue weighted by Gasteiger charge is -2.14. The number of methoxy groups -OCH3 is 1. The van der Waals surface area contributed by atoms with Crippen LogP contribution in [0.1, 0.15) is 18.5 Å². The number of rotatable bonds is 6. The number of anilines is 1. The highest BCUT2D eigenvalue weighted by Gasteiger charge is 2.09.